The molecule has 5 nitrogen and oxygen atoms in total. The monoisotopic (exact) mass is 417 g/mol. The van der Waals surface area contributed by atoms with Gasteiger partial charge >= 0.3 is 0 Å². The van der Waals surface area contributed by atoms with Crippen LogP contribution < -0.4 is 0 Å². The van der Waals surface area contributed by atoms with Gasteiger partial charge in [0.1, 0.15) is 11.3 Å². The second kappa shape index (κ2) is 7.00. The molecule has 1 aliphatic heterocycles. The van der Waals surface area contributed by atoms with E-state index >= 15 is 0 Å². The van der Waals surface area contributed by atoms with Crippen LogP contribution in [0.5, 0.6) is 0 Å². The van der Waals surface area contributed by atoms with E-state index in [1.165, 1.54) is 12.1 Å². The average molecular weight is 418 g/mol. The smallest absolute Gasteiger partial charge is 0.261 e. The predicted molar refractivity (Wildman–Crippen MR) is 111 cm³/mol. The summed E-state index contributed by atoms with van der Waals surface area (Å²) in [6, 6.07) is 17.8. The van der Waals surface area contributed by atoms with E-state index in [0.717, 1.165) is 4.90 Å². The van der Waals surface area contributed by atoms with Crippen molar-refractivity contribution in [3.8, 4) is 11.3 Å². The minimum Gasteiger partial charge on any atom is -0.269 e. The summed E-state index contributed by atoms with van der Waals surface area (Å²) in [5.41, 5.74) is 2.92. The summed E-state index contributed by atoms with van der Waals surface area (Å²) in [6.07, 6.45) is 0. The highest BCUT2D eigenvalue weighted by molar-refractivity contribution is 6.34. The average Bonchev–Trinajstić information content (AvgIpc) is 2.99. The molecule has 2 heterocycles. The Morgan fingerprint density at radius 2 is 1.57 bits per heavy atom. The fourth-order valence-corrected chi connectivity index (χ4v) is 3.80. The van der Waals surface area contributed by atoms with Crippen LogP contribution in [0.15, 0.2) is 66.7 Å². The van der Waals surface area contributed by atoms with E-state index in [1.54, 1.807) is 54.6 Å². The fraction of sp³-hybridized carbons (Fsp3) is 0.0435. The van der Waals surface area contributed by atoms with Gasteiger partial charge in [0.2, 0.25) is 0 Å². The predicted octanol–water partition coefficient (Wildman–Crippen LogP) is 4.89. The van der Waals surface area contributed by atoms with Crippen LogP contribution in [0, 0.1) is 5.82 Å². The van der Waals surface area contributed by atoms with Gasteiger partial charge in [-0.15, -0.1) is 0 Å². The Bertz CT molecular complexity index is 1320. The Labute approximate surface area is 175 Å². The van der Waals surface area contributed by atoms with Gasteiger partial charge in [-0.05, 0) is 36.4 Å². The van der Waals surface area contributed by atoms with Crippen LogP contribution in [0.4, 0.5) is 4.39 Å². The van der Waals surface area contributed by atoms with Gasteiger partial charge in [-0.1, -0.05) is 41.9 Å². The molecule has 0 bridgehead atoms. The summed E-state index contributed by atoms with van der Waals surface area (Å²) in [5.74, 6) is -1.22. The Morgan fingerprint density at radius 1 is 0.867 bits per heavy atom. The number of para-hydroxylation sites is 1. The van der Waals surface area contributed by atoms with E-state index in [1.807, 2.05) is 0 Å². The van der Waals surface area contributed by atoms with Crippen molar-refractivity contribution in [1.29, 1.82) is 0 Å². The van der Waals surface area contributed by atoms with Crippen molar-refractivity contribution in [1.82, 2.24) is 14.9 Å². The van der Waals surface area contributed by atoms with Gasteiger partial charge in [-0.2, -0.15) is 0 Å². The van der Waals surface area contributed by atoms with E-state index in [2.05, 4.69) is 9.97 Å². The normalized spacial score (nSPS) is 13.2. The van der Waals surface area contributed by atoms with Gasteiger partial charge in [0.25, 0.3) is 11.8 Å². The number of amides is 2. The Morgan fingerprint density at radius 3 is 2.27 bits per heavy atom. The zero-order valence-corrected chi connectivity index (χ0v) is 16.2. The third kappa shape index (κ3) is 2.93. The zero-order chi connectivity index (χ0) is 20.8. The highest BCUT2D eigenvalue weighted by Crippen LogP contribution is 2.30. The maximum absolute atomic E-state index is 13.9. The lowest BCUT2D eigenvalue weighted by Crippen LogP contribution is -2.30. The second-order valence-corrected chi connectivity index (χ2v) is 7.29. The number of fused-ring (bicyclic) bond motifs is 2. The topological polar surface area (TPSA) is 63.2 Å². The van der Waals surface area contributed by atoms with Crippen LogP contribution in [0.25, 0.3) is 22.3 Å². The summed E-state index contributed by atoms with van der Waals surface area (Å²) < 4.78 is 13.9. The lowest BCUT2D eigenvalue weighted by Gasteiger charge is -2.17. The molecule has 7 heteroatoms. The molecular weight excluding hydrogens is 405 g/mol. The number of imide groups is 1. The molecule has 1 aromatic heterocycles. The maximum Gasteiger partial charge on any atom is 0.261 e. The maximum atomic E-state index is 13.9. The molecule has 0 unspecified atom stereocenters. The molecule has 5 rings (SSSR count). The number of nitrogens with zero attached hydrogens (tertiary/aromatic N) is 3. The number of aromatic nitrogens is 2. The largest absolute Gasteiger partial charge is 0.269 e. The second-order valence-electron chi connectivity index (χ2n) is 6.88. The van der Waals surface area contributed by atoms with Gasteiger partial charge in [0.15, 0.2) is 0 Å². The molecule has 30 heavy (non-hydrogen) atoms. The van der Waals surface area contributed by atoms with Crippen LogP contribution in [-0.2, 0) is 6.54 Å². The van der Waals surface area contributed by atoms with Gasteiger partial charge in [0.05, 0.1) is 39.6 Å². The number of carbonyl (C=O) groups is 2. The summed E-state index contributed by atoms with van der Waals surface area (Å²) >= 11 is 6.28. The molecule has 2 amide bonds. The number of hydrogen-bond acceptors (Lipinski definition) is 4. The molecule has 1 aliphatic rings. The van der Waals surface area contributed by atoms with Crippen molar-refractivity contribution < 1.29 is 14.0 Å². The van der Waals surface area contributed by atoms with E-state index in [9.17, 15) is 14.0 Å². The number of hydrogen-bond donors (Lipinski definition) is 0. The number of carbonyl (C=O) groups excluding carboxylic acids is 2. The molecule has 0 N–H and O–H groups in total. The van der Waals surface area contributed by atoms with Gasteiger partial charge in [-0.3, -0.25) is 14.5 Å². The molecule has 0 spiro atoms. The van der Waals surface area contributed by atoms with E-state index in [4.69, 9.17) is 11.6 Å². The highest BCUT2D eigenvalue weighted by Gasteiger charge is 2.36. The van der Waals surface area contributed by atoms with Crippen molar-refractivity contribution in [2.24, 2.45) is 0 Å². The Kier molecular flexibility index (Phi) is 4.29. The number of rotatable bonds is 3. The molecule has 0 saturated heterocycles. The molecule has 4 aromatic rings. The van der Waals surface area contributed by atoms with Crippen LogP contribution in [0.2, 0.25) is 5.02 Å². The molecule has 0 aliphatic carbocycles. The van der Waals surface area contributed by atoms with Crippen LogP contribution in [-0.4, -0.2) is 26.7 Å². The van der Waals surface area contributed by atoms with Crippen LogP contribution in [0.1, 0.15) is 26.4 Å². The van der Waals surface area contributed by atoms with E-state index < -0.39 is 17.6 Å². The molecule has 3 aromatic carbocycles. The molecule has 0 radical (unpaired) electrons. The van der Waals surface area contributed by atoms with Crippen molar-refractivity contribution in [2.45, 2.75) is 6.54 Å². The zero-order valence-electron chi connectivity index (χ0n) is 15.5. The van der Waals surface area contributed by atoms with Crippen LogP contribution in [0.3, 0.4) is 0 Å². The molecular formula is C23H13ClFN3O2. The van der Waals surface area contributed by atoms with Gasteiger partial charge in [0, 0.05) is 5.56 Å². The van der Waals surface area contributed by atoms with E-state index in [-0.39, 0.29) is 6.54 Å². The first-order chi connectivity index (χ1) is 14.5. The lowest BCUT2D eigenvalue weighted by molar-refractivity contribution is 0.0640. The van der Waals surface area contributed by atoms with Crippen molar-refractivity contribution in [3.05, 3.63) is 94.4 Å². The van der Waals surface area contributed by atoms with Crippen molar-refractivity contribution >= 4 is 34.4 Å². The third-order valence-electron chi connectivity index (χ3n) is 5.00. The SMILES string of the molecule is O=C1c2ccccc2C(=O)N1Cc1nc2cccc(Cl)c2nc1-c1cccc(F)c1. The first kappa shape index (κ1) is 18.4. The minimum absolute atomic E-state index is 0.0896. The molecule has 146 valence electrons. The third-order valence-corrected chi connectivity index (χ3v) is 5.31. The summed E-state index contributed by atoms with van der Waals surface area (Å²) in [4.78, 5) is 36.0. The Balaban J connectivity index is 1.66. The Hall–Kier alpha value is -3.64. The summed E-state index contributed by atoms with van der Waals surface area (Å²) in [7, 11) is 0. The lowest BCUT2D eigenvalue weighted by atomic mass is 10.1. The van der Waals surface area contributed by atoms with Gasteiger partial charge in [-0.25, -0.2) is 14.4 Å². The first-order valence-corrected chi connectivity index (χ1v) is 9.57. The number of benzene rings is 3. The molecule has 0 saturated carbocycles. The van der Waals surface area contributed by atoms with Crippen molar-refractivity contribution in [2.75, 3.05) is 0 Å². The van der Waals surface area contributed by atoms with E-state index in [0.29, 0.717) is 44.1 Å². The summed E-state index contributed by atoms with van der Waals surface area (Å²) in [6.45, 7) is -0.0896. The van der Waals surface area contributed by atoms with Crippen LogP contribution >= 0.6 is 11.6 Å². The van der Waals surface area contributed by atoms with Crippen molar-refractivity contribution in [3.63, 3.8) is 0 Å². The minimum atomic E-state index is -0.430. The number of halogens is 2. The fourth-order valence-electron chi connectivity index (χ4n) is 3.59. The van der Waals surface area contributed by atoms with Gasteiger partial charge < -0.3 is 0 Å². The molecule has 0 atom stereocenters. The summed E-state index contributed by atoms with van der Waals surface area (Å²) in [5, 5.41) is 0.407. The molecule has 0 fully saturated rings. The quantitative estimate of drug-likeness (QED) is 0.445. The standard InChI is InChI=1S/C23H13ClFN3O2/c24-17-9-4-10-18-21(17)27-20(13-5-3-6-14(25)11-13)19(26-18)12-28-22(29)15-7-1-2-8-16(15)23(28)30/h1-11H,12H2. The first-order valence-electron chi connectivity index (χ1n) is 9.19. The highest BCUT2D eigenvalue weighted by atomic mass is 35.5.